The molecule has 0 spiro atoms. The zero-order chi connectivity index (χ0) is 10.7. The van der Waals surface area contributed by atoms with Crippen molar-refractivity contribution in [2.45, 2.75) is 6.54 Å². The molecule has 0 fully saturated rings. The minimum Gasteiger partial charge on any atom is -0.380 e. The fraction of sp³-hybridized carbons (Fsp3) is 0.0909. The van der Waals surface area contributed by atoms with E-state index in [1.54, 1.807) is 11.3 Å². The van der Waals surface area contributed by atoms with Gasteiger partial charge in [0.1, 0.15) is 0 Å². The van der Waals surface area contributed by atoms with E-state index in [4.69, 9.17) is 0 Å². The number of anilines is 1. The Morgan fingerprint density at radius 1 is 1.20 bits per heavy atom. The third-order valence-electron chi connectivity index (χ3n) is 1.98. The van der Waals surface area contributed by atoms with Crippen LogP contribution in [0.15, 0.2) is 44.0 Å². The van der Waals surface area contributed by atoms with Crippen molar-refractivity contribution in [3.05, 3.63) is 49.5 Å². The number of halogens is 2. The van der Waals surface area contributed by atoms with Crippen LogP contribution >= 0.6 is 43.2 Å². The minimum absolute atomic E-state index is 0.852. The quantitative estimate of drug-likeness (QED) is 0.834. The molecule has 1 nitrogen and oxygen atoms in total. The molecule has 4 heteroatoms. The molecule has 0 atom stereocenters. The molecule has 0 unspecified atom stereocenters. The van der Waals surface area contributed by atoms with Crippen molar-refractivity contribution in [3.8, 4) is 0 Å². The molecule has 0 amide bonds. The molecule has 2 aromatic rings. The van der Waals surface area contributed by atoms with Crippen molar-refractivity contribution < 1.29 is 0 Å². The summed E-state index contributed by atoms with van der Waals surface area (Å²) in [5.41, 5.74) is 2.42. The normalized spacial score (nSPS) is 10.3. The Balaban J connectivity index is 2.02. The molecule has 1 N–H and O–H groups in total. The van der Waals surface area contributed by atoms with Crippen LogP contribution in [0.25, 0.3) is 0 Å². The average Bonchev–Trinajstić information content (AvgIpc) is 2.63. The molecule has 0 saturated carbocycles. The average molecular weight is 347 g/mol. The Hall–Kier alpha value is -0.320. The summed E-state index contributed by atoms with van der Waals surface area (Å²) in [6.07, 6.45) is 0. The number of para-hydroxylation sites is 1. The summed E-state index contributed by atoms with van der Waals surface area (Å²) in [5.74, 6) is 0. The maximum absolute atomic E-state index is 3.51. The first-order valence-corrected chi connectivity index (χ1v) is 6.93. The Bertz CT molecular complexity index is 453. The fourth-order valence-corrected chi connectivity index (χ4v) is 2.87. The van der Waals surface area contributed by atoms with Gasteiger partial charge in [0.05, 0.1) is 3.79 Å². The summed E-state index contributed by atoms with van der Waals surface area (Å²) in [6, 6.07) is 10.3. The van der Waals surface area contributed by atoms with Crippen LogP contribution in [0.3, 0.4) is 0 Å². The maximum Gasteiger partial charge on any atom is 0.0701 e. The van der Waals surface area contributed by atoms with Crippen LogP contribution in [-0.4, -0.2) is 0 Å². The van der Waals surface area contributed by atoms with E-state index in [1.807, 2.05) is 18.2 Å². The van der Waals surface area contributed by atoms with Gasteiger partial charge in [0, 0.05) is 16.7 Å². The summed E-state index contributed by atoms with van der Waals surface area (Å²) in [7, 11) is 0. The smallest absolute Gasteiger partial charge is 0.0701 e. The predicted octanol–water partition coefficient (Wildman–Crippen LogP) is 4.89. The Morgan fingerprint density at radius 3 is 2.67 bits per heavy atom. The molecule has 2 rings (SSSR count). The number of benzene rings is 1. The third-order valence-corrected chi connectivity index (χ3v) is 4.22. The number of rotatable bonds is 3. The van der Waals surface area contributed by atoms with Crippen molar-refractivity contribution in [3.63, 3.8) is 0 Å². The summed E-state index contributed by atoms with van der Waals surface area (Å²) in [4.78, 5) is 0. The first-order chi connectivity index (χ1) is 7.25. The molecular formula is C11H9Br2NS. The molecule has 0 saturated heterocycles. The second-order valence-electron chi connectivity index (χ2n) is 3.09. The Labute approximate surface area is 110 Å². The summed E-state index contributed by atoms with van der Waals surface area (Å²) >= 11 is 8.67. The highest BCUT2D eigenvalue weighted by Crippen LogP contribution is 2.24. The Morgan fingerprint density at radius 2 is 2.00 bits per heavy atom. The highest BCUT2D eigenvalue weighted by Gasteiger charge is 1.99. The van der Waals surface area contributed by atoms with Gasteiger partial charge < -0.3 is 5.32 Å². The lowest BCUT2D eigenvalue weighted by Gasteiger charge is -2.06. The zero-order valence-electron chi connectivity index (χ0n) is 7.84. The van der Waals surface area contributed by atoms with Gasteiger partial charge in [-0.15, -0.1) is 11.3 Å². The molecule has 1 aromatic heterocycles. The SMILES string of the molecule is Brc1cc(CNc2ccccc2Br)cs1. The van der Waals surface area contributed by atoms with E-state index in [0.717, 1.165) is 16.7 Å². The van der Waals surface area contributed by atoms with E-state index in [9.17, 15) is 0 Å². The van der Waals surface area contributed by atoms with E-state index in [0.29, 0.717) is 0 Å². The largest absolute Gasteiger partial charge is 0.380 e. The lowest BCUT2D eigenvalue weighted by Crippen LogP contribution is -1.98. The monoisotopic (exact) mass is 345 g/mol. The van der Waals surface area contributed by atoms with Gasteiger partial charge in [-0.1, -0.05) is 12.1 Å². The van der Waals surface area contributed by atoms with Crippen LogP contribution in [0.2, 0.25) is 0 Å². The van der Waals surface area contributed by atoms with Gasteiger partial charge in [0.15, 0.2) is 0 Å². The second kappa shape index (κ2) is 5.14. The van der Waals surface area contributed by atoms with E-state index in [1.165, 1.54) is 9.35 Å². The van der Waals surface area contributed by atoms with Gasteiger partial charge in [-0.3, -0.25) is 0 Å². The van der Waals surface area contributed by atoms with Gasteiger partial charge >= 0.3 is 0 Å². The van der Waals surface area contributed by atoms with Gasteiger partial charge in [-0.25, -0.2) is 0 Å². The molecule has 1 heterocycles. The minimum atomic E-state index is 0.852. The van der Waals surface area contributed by atoms with Gasteiger partial charge in [0.25, 0.3) is 0 Å². The van der Waals surface area contributed by atoms with Crippen LogP contribution in [0, 0.1) is 0 Å². The zero-order valence-corrected chi connectivity index (χ0v) is 11.8. The standard InChI is InChI=1S/C11H9Br2NS/c12-9-3-1-2-4-10(9)14-6-8-5-11(13)15-7-8/h1-5,7,14H,6H2. The number of hydrogen-bond acceptors (Lipinski definition) is 2. The van der Waals surface area contributed by atoms with Crippen molar-refractivity contribution in [2.75, 3.05) is 5.32 Å². The lowest BCUT2D eigenvalue weighted by molar-refractivity contribution is 1.16. The van der Waals surface area contributed by atoms with E-state index in [2.05, 4.69) is 54.7 Å². The summed E-state index contributed by atoms with van der Waals surface area (Å²) in [5, 5.41) is 5.53. The number of thiophene rings is 1. The molecule has 0 aliphatic heterocycles. The predicted molar refractivity (Wildman–Crippen MR) is 73.5 cm³/mol. The molecule has 0 aliphatic carbocycles. The van der Waals surface area contributed by atoms with Crippen LogP contribution in [0.1, 0.15) is 5.56 Å². The Kier molecular flexibility index (Phi) is 3.83. The molecular weight excluding hydrogens is 338 g/mol. The van der Waals surface area contributed by atoms with Crippen LogP contribution in [0.4, 0.5) is 5.69 Å². The molecule has 0 aliphatic rings. The lowest BCUT2D eigenvalue weighted by atomic mass is 10.3. The fourth-order valence-electron chi connectivity index (χ4n) is 1.24. The second-order valence-corrected chi connectivity index (χ2v) is 6.24. The summed E-state index contributed by atoms with van der Waals surface area (Å²) < 4.78 is 2.27. The van der Waals surface area contributed by atoms with Crippen molar-refractivity contribution >= 4 is 48.9 Å². The van der Waals surface area contributed by atoms with Crippen LogP contribution in [-0.2, 0) is 6.54 Å². The van der Waals surface area contributed by atoms with Crippen LogP contribution in [0.5, 0.6) is 0 Å². The highest BCUT2D eigenvalue weighted by atomic mass is 79.9. The highest BCUT2D eigenvalue weighted by molar-refractivity contribution is 9.11. The van der Waals surface area contributed by atoms with Gasteiger partial charge in [-0.05, 0) is 61.0 Å². The van der Waals surface area contributed by atoms with Gasteiger partial charge in [0.2, 0.25) is 0 Å². The first-order valence-electron chi connectivity index (χ1n) is 4.47. The molecule has 1 aromatic carbocycles. The van der Waals surface area contributed by atoms with E-state index in [-0.39, 0.29) is 0 Å². The number of hydrogen-bond donors (Lipinski definition) is 1. The molecule has 0 bridgehead atoms. The topological polar surface area (TPSA) is 12.0 Å². The summed E-state index contributed by atoms with van der Waals surface area (Å²) in [6.45, 7) is 0.852. The third kappa shape index (κ3) is 3.06. The van der Waals surface area contributed by atoms with Crippen molar-refractivity contribution in [2.24, 2.45) is 0 Å². The van der Waals surface area contributed by atoms with Crippen LogP contribution < -0.4 is 5.32 Å². The molecule has 0 radical (unpaired) electrons. The van der Waals surface area contributed by atoms with Crippen molar-refractivity contribution in [1.29, 1.82) is 0 Å². The van der Waals surface area contributed by atoms with Crippen molar-refractivity contribution in [1.82, 2.24) is 0 Å². The van der Waals surface area contributed by atoms with Gasteiger partial charge in [-0.2, -0.15) is 0 Å². The number of nitrogens with one attached hydrogen (secondary N) is 1. The molecule has 15 heavy (non-hydrogen) atoms. The first kappa shape index (κ1) is 11.2. The maximum atomic E-state index is 3.51. The van der Waals surface area contributed by atoms with E-state index >= 15 is 0 Å². The molecule has 78 valence electrons. The van der Waals surface area contributed by atoms with E-state index < -0.39 is 0 Å².